The topological polar surface area (TPSA) is 132 Å². The van der Waals surface area contributed by atoms with Crippen LogP contribution in [0, 0.1) is 0 Å². The van der Waals surface area contributed by atoms with Gasteiger partial charge in [-0.1, -0.05) is 0 Å². The van der Waals surface area contributed by atoms with Crippen LogP contribution in [-0.2, 0) is 4.79 Å². The van der Waals surface area contributed by atoms with E-state index in [-0.39, 0.29) is 18.7 Å². The maximum atomic E-state index is 11.6. The molecule has 0 aliphatic carbocycles. The van der Waals surface area contributed by atoms with Crippen molar-refractivity contribution in [1.29, 1.82) is 0 Å². The highest BCUT2D eigenvalue weighted by atomic mass is 16.3. The Hall–Kier alpha value is -1.90. The first-order chi connectivity index (χ1) is 9.56. The summed E-state index contributed by atoms with van der Waals surface area (Å²) in [6, 6.07) is 3.06. The van der Waals surface area contributed by atoms with Crippen LogP contribution in [0.15, 0.2) is 22.8 Å². The number of rotatable bonds is 8. The predicted molar refractivity (Wildman–Crippen MR) is 67.8 cm³/mol. The molecule has 0 unspecified atom stereocenters. The Morgan fingerprint density at radius 2 is 1.85 bits per heavy atom. The molecule has 5 N–H and O–H groups in total. The second-order valence-electron chi connectivity index (χ2n) is 4.29. The molecule has 0 bridgehead atoms. The van der Waals surface area contributed by atoms with Gasteiger partial charge < -0.3 is 30.4 Å². The van der Waals surface area contributed by atoms with Gasteiger partial charge in [0.05, 0.1) is 26.1 Å². The summed E-state index contributed by atoms with van der Waals surface area (Å²) in [6.07, 6.45) is 1.30. The molecule has 112 valence electrons. The number of hydrogen-bond donors (Lipinski definition) is 5. The zero-order chi connectivity index (χ0) is 15.0. The molecular weight excluding hydrogens is 268 g/mol. The Morgan fingerprint density at radius 3 is 2.35 bits per heavy atom. The zero-order valence-corrected chi connectivity index (χ0v) is 10.8. The molecule has 0 radical (unpaired) electrons. The lowest BCUT2D eigenvalue weighted by atomic mass is 10.0. The fraction of sp³-hybridized carbons (Fsp3) is 0.500. The van der Waals surface area contributed by atoms with Crippen LogP contribution in [0.25, 0.3) is 0 Å². The molecule has 0 aliphatic heterocycles. The van der Waals surface area contributed by atoms with Gasteiger partial charge in [0, 0.05) is 13.0 Å². The Labute approximate surface area is 115 Å². The number of hydrogen-bond acceptors (Lipinski definition) is 6. The lowest BCUT2D eigenvalue weighted by molar-refractivity contribution is -0.125. The highest BCUT2D eigenvalue weighted by molar-refractivity contribution is 5.91. The van der Waals surface area contributed by atoms with Crippen molar-refractivity contribution in [1.82, 2.24) is 10.6 Å². The molecule has 1 heterocycles. The minimum Gasteiger partial charge on any atom is -0.459 e. The third-order valence-corrected chi connectivity index (χ3v) is 2.70. The van der Waals surface area contributed by atoms with Gasteiger partial charge in [-0.25, -0.2) is 0 Å². The minimum atomic E-state index is -1.46. The fourth-order valence-corrected chi connectivity index (χ4v) is 1.41. The monoisotopic (exact) mass is 286 g/mol. The highest BCUT2D eigenvalue weighted by Crippen LogP contribution is 2.02. The van der Waals surface area contributed by atoms with Gasteiger partial charge in [-0.2, -0.15) is 0 Å². The molecule has 8 nitrogen and oxygen atoms in total. The largest absolute Gasteiger partial charge is 0.459 e. The van der Waals surface area contributed by atoms with E-state index in [1.54, 1.807) is 6.07 Å². The summed E-state index contributed by atoms with van der Waals surface area (Å²) < 4.78 is 4.87. The van der Waals surface area contributed by atoms with Crippen LogP contribution in [-0.4, -0.2) is 59.0 Å². The molecule has 0 aromatic carbocycles. The van der Waals surface area contributed by atoms with Crippen molar-refractivity contribution in [2.45, 2.75) is 12.0 Å². The Bertz CT molecular complexity index is 419. The van der Waals surface area contributed by atoms with E-state index in [0.29, 0.717) is 0 Å². The average molecular weight is 286 g/mol. The summed E-state index contributed by atoms with van der Waals surface area (Å²) in [6.45, 7) is -1.72. The summed E-state index contributed by atoms with van der Waals surface area (Å²) in [5.41, 5.74) is -1.46. The van der Waals surface area contributed by atoms with E-state index >= 15 is 0 Å². The fourth-order valence-electron chi connectivity index (χ4n) is 1.41. The third-order valence-electron chi connectivity index (χ3n) is 2.70. The first-order valence-corrected chi connectivity index (χ1v) is 6.02. The van der Waals surface area contributed by atoms with Gasteiger partial charge in [-0.15, -0.1) is 0 Å². The van der Waals surface area contributed by atoms with E-state index in [9.17, 15) is 9.59 Å². The van der Waals surface area contributed by atoms with Crippen molar-refractivity contribution in [2.75, 3.05) is 26.4 Å². The predicted octanol–water partition coefficient (Wildman–Crippen LogP) is -1.77. The molecular formula is C12H18N2O6. The first kappa shape index (κ1) is 16.2. The summed E-state index contributed by atoms with van der Waals surface area (Å²) in [5.74, 6) is -0.816. The van der Waals surface area contributed by atoms with Crippen molar-refractivity contribution < 1.29 is 29.3 Å². The Balaban J connectivity index is 2.35. The van der Waals surface area contributed by atoms with E-state index in [1.165, 1.54) is 12.3 Å². The number of carbonyl (C=O) groups is 2. The standard InChI is InChI=1S/C12H18N2O6/c15-6-12(7-16,8-17)14-10(18)3-4-13-11(19)9-2-1-5-20-9/h1-2,5,15-17H,3-4,6-8H2,(H,13,19)(H,14,18). The quantitative estimate of drug-likeness (QED) is 0.384. The van der Waals surface area contributed by atoms with Crippen molar-refractivity contribution in [3.63, 3.8) is 0 Å². The molecule has 1 aromatic rings. The number of nitrogens with one attached hydrogen (secondary N) is 2. The normalized spacial score (nSPS) is 11.2. The Kier molecular flexibility index (Phi) is 6.16. The molecule has 0 saturated carbocycles. The van der Waals surface area contributed by atoms with E-state index in [0.717, 1.165) is 0 Å². The van der Waals surface area contributed by atoms with E-state index in [2.05, 4.69) is 10.6 Å². The highest BCUT2D eigenvalue weighted by Gasteiger charge is 2.29. The van der Waals surface area contributed by atoms with Crippen LogP contribution in [0.4, 0.5) is 0 Å². The minimum absolute atomic E-state index is 0.0593. The van der Waals surface area contributed by atoms with Crippen LogP contribution in [0.3, 0.4) is 0 Å². The molecule has 0 spiro atoms. The molecule has 0 saturated heterocycles. The van der Waals surface area contributed by atoms with Gasteiger partial charge in [0.25, 0.3) is 5.91 Å². The molecule has 20 heavy (non-hydrogen) atoms. The van der Waals surface area contributed by atoms with Crippen molar-refractivity contribution >= 4 is 11.8 Å². The number of amides is 2. The van der Waals surface area contributed by atoms with Crippen molar-refractivity contribution in [2.24, 2.45) is 0 Å². The molecule has 1 rings (SSSR count). The molecule has 0 aliphatic rings. The van der Waals surface area contributed by atoms with E-state index in [4.69, 9.17) is 19.7 Å². The number of aliphatic hydroxyl groups excluding tert-OH is 3. The van der Waals surface area contributed by atoms with Gasteiger partial charge in [0.1, 0.15) is 5.54 Å². The number of carbonyl (C=O) groups excluding carboxylic acids is 2. The third kappa shape index (κ3) is 4.34. The van der Waals surface area contributed by atoms with Crippen LogP contribution in [0.2, 0.25) is 0 Å². The van der Waals surface area contributed by atoms with Gasteiger partial charge in [0.2, 0.25) is 5.91 Å². The molecule has 0 fully saturated rings. The maximum absolute atomic E-state index is 11.6. The first-order valence-electron chi connectivity index (χ1n) is 6.02. The molecule has 1 aromatic heterocycles. The average Bonchev–Trinajstić information content (AvgIpc) is 2.99. The van der Waals surface area contributed by atoms with Gasteiger partial charge in [-0.3, -0.25) is 9.59 Å². The summed E-state index contributed by atoms with van der Waals surface area (Å²) in [7, 11) is 0. The summed E-state index contributed by atoms with van der Waals surface area (Å²) in [4.78, 5) is 23.1. The lowest BCUT2D eigenvalue weighted by Crippen LogP contribution is -2.57. The van der Waals surface area contributed by atoms with Crippen LogP contribution in [0.5, 0.6) is 0 Å². The van der Waals surface area contributed by atoms with Gasteiger partial charge in [-0.05, 0) is 12.1 Å². The second kappa shape index (κ2) is 7.63. The molecule has 2 amide bonds. The van der Waals surface area contributed by atoms with Gasteiger partial charge in [0.15, 0.2) is 5.76 Å². The Morgan fingerprint density at radius 1 is 1.20 bits per heavy atom. The second-order valence-corrected chi connectivity index (χ2v) is 4.29. The summed E-state index contributed by atoms with van der Waals surface area (Å²) in [5, 5.41) is 31.9. The summed E-state index contributed by atoms with van der Waals surface area (Å²) >= 11 is 0. The van der Waals surface area contributed by atoms with Crippen LogP contribution < -0.4 is 10.6 Å². The molecule has 0 atom stereocenters. The van der Waals surface area contributed by atoms with Crippen LogP contribution >= 0.6 is 0 Å². The van der Waals surface area contributed by atoms with Gasteiger partial charge >= 0.3 is 0 Å². The lowest BCUT2D eigenvalue weighted by Gasteiger charge is -2.28. The zero-order valence-electron chi connectivity index (χ0n) is 10.8. The van der Waals surface area contributed by atoms with Crippen LogP contribution in [0.1, 0.15) is 17.0 Å². The SMILES string of the molecule is O=C(CCNC(=O)c1ccco1)NC(CO)(CO)CO. The van der Waals surface area contributed by atoms with E-state index in [1.807, 2.05) is 0 Å². The number of furan rings is 1. The number of aliphatic hydroxyl groups is 3. The maximum Gasteiger partial charge on any atom is 0.286 e. The van der Waals surface area contributed by atoms with E-state index < -0.39 is 37.2 Å². The van der Waals surface area contributed by atoms with Crippen molar-refractivity contribution in [3.8, 4) is 0 Å². The molecule has 8 heteroatoms. The van der Waals surface area contributed by atoms with Crippen molar-refractivity contribution in [3.05, 3.63) is 24.2 Å². The smallest absolute Gasteiger partial charge is 0.286 e.